The van der Waals surface area contributed by atoms with Crippen molar-refractivity contribution >= 4 is 39.1 Å². The Bertz CT molecular complexity index is 1220. The van der Waals surface area contributed by atoms with Crippen molar-refractivity contribution in [1.29, 1.82) is 0 Å². The molecule has 178 valence electrons. The van der Waals surface area contributed by atoms with Gasteiger partial charge in [-0.15, -0.1) is 0 Å². The van der Waals surface area contributed by atoms with Crippen molar-refractivity contribution in [3.05, 3.63) is 40.2 Å². The van der Waals surface area contributed by atoms with Crippen LogP contribution in [-0.4, -0.2) is 59.5 Å². The number of aromatic nitrogens is 2. The second-order valence-electron chi connectivity index (χ2n) is 8.17. The fraction of sp³-hybridized carbons (Fsp3) is 0.429. The summed E-state index contributed by atoms with van der Waals surface area (Å²) in [6.07, 6.45) is 1.54. The number of carbonyl (C=O) groups is 2. The van der Waals surface area contributed by atoms with Crippen LogP contribution in [0.4, 0.5) is 17.5 Å². The number of likely N-dealkylation sites (tertiary alicyclic amines) is 1. The van der Waals surface area contributed by atoms with E-state index in [0.29, 0.717) is 13.1 Å². The SMILES string of the molecule is CC(=O)N1CCCC(Nc2nc(Nc3ccccc3S(=O)(=O)C(C)C)c(C(N)=O)c(=O)[nH]2)C1. The van der Waals surface area contributed by atoms with Gasteiger partial charge in [-0.05, 0) is 38.8 Å². The molecule has 0 aliphatic carbocycles. The lowest BCUT2D eigenvalue weighted by Gasteiger charge is -2.32. The highest BCUT2D eigenvalue weighted by Gasteiger charge is 2.26. The van der Waals surface area contributed by atoms with Crippen molar-refractivity contribution in [2.75, 3.05) is 23.7 Å². The molecule has 1 fully saturated rings. The summed E-state index contributed by atoms with van der Waals surface area (Å²) in [6.45, 7) is 5.71. The minimum Gasteiger partial charge on any atom is -0.365 e. The van der Waals surface area contributed by atoms with Gasteiger partial charge in [-0.2, -0.15) is 4.98 Å². The van der Waals surface area contributed by atoms with Gasteiger partial charge in [0.2, 0.25) is 11.9 Å². The number of sulfone groups is 1. The van der Waals surface area contributed by atoms with Crippen LogP contribution in [0.15, 0.2) is 34.0 Å². The Balaban J connectivity index is 1.99. The van der Waals surface area contributed by atoms with Crippen LogP contribution in [-0.2, 0) is 14.6 Å². The largest absolute Gasteiger partial charge is 0.365 e. The van der Waals surface area contributed by atoms with Gasteiger partial charge in [0.25, 0.3) is 11.5 Å². The quantitative estimate of drug-likeness (QED) is 0.462. The van der Waals surface area contributed by atoms with Crippen molar-refractivity contribution in [1.82, 2.24) is 14.9 Å². The molecule has 1 aromatic heterocycles. The second-order valence-corrected chi connectivity index (χ2v) is 10.6. The maximum atomic E-state index is 12.8. The number of nitrogens with two attached hydrogens (primary N) is 1. The summed E-state index contributed by atoms with van der Waals surface area (Å²) in [5.41, 5.74) is 4.37. The Morgan fingerprint density at radius 3 is 2.61 bits per heavy atom. The van der Waals surface area contributed by atoms with Gasteiger partial charge >= 0.3 is 0 Å². The fourth-order valence-corrected chi connectivity index (χ4v) is 4.84. The van der Waals surface area contributed by atoms with E-state index in [1.807, 2.05) is 0 Å². The minimum atomic E-state index is -3.66. The number of hydrogen-bond acceptors (Lipinski definition) is 8. The van der Waals surface area contributed by atoms with Gasteiger partial charge in [0.1, 0.15) is 5.56 Å². The fourth-order valence-electron chi connectivity index (χ4n) is 3.63. The zero-order valence-electron chi connectivity index (χ0n) is 18.7. The molecule has 1 atom stereocenters. The second kappa shape index (κ2) is 9.61. The van der Waals surface area contributed by atoms with Crippen LogP contribution in [0.1, 0.15) is 44.0 Å². The van der Waals surface area contributed by atoms with E-state index in [2.05, 4.69) is 20.6 Å². The molecule has 33 heavy (non-hydrogen) atoms. The molecule has 1 aliphatic heterocycles. The number of nitrogens with zero attached hydrogens (tertiary/aromatic N) is 2. The highest BCUT2D eigenvalue weighted by Crippen LogP contribution is 2.28. The van der Waals surface area contributed by atoms with E-state index in [4.69, 9.17) is 5.73 Å². The first-order valence-electron chi connectivity index (χ1n) is 10.6. The number of benzene rings is 1. The van der Waals surface area contributed by atoms with Gasteiger partial charge in [0, 0.05) is 26.1 Å². The Kier molecular flexibility index (Phi) is 7.06. The molecule has 1 aliphatic rings. The van der Waals surface area contributed by atoms with Gasteiger partial charge in [0.05, 0.1) is 15.8 Å². The van der Waals surface area contributed by atoms with Gasteiger partial charge in [0.15, 0.2) is 15.7 Å². The smallest absolute Gasteiger partial charge is 0.267 e. The molecule has 11 nitrogen and oxygen atoms in total. The molecule has 1 unspecified atom stereocenters. The average Bonchev–Trinajstić information content (AvgIpc) is 2.73. The Labute approximate surface area is 191 Å². The Morgan fingerprint density at radius 2 is 1.97 bits per heavy atom. The molecular weight excluding hydrogens is 448 g/mol. The monoisotopic (exact) mass is 476 g/mol. The number of rotatable bonds is 7. The van der Waals surface area contributed by atoms with Crippen LogP contribution in [0.3, 0.4) is 0 Å². The Hall–Kier alpha value is -3.41. The summed E-state index contributed by atoms with van der Waals surface area (Å²) in [7, 11) is -3.66. The number of carbonyl (C=O) groups excluding carboxylic acids is 2. The number of para-hydroxylation sites is 1. The molecule has 0 radical (unpaired) electrons. The number of nitrogens with one attached hydrogen (secondary N) is 3. The highest BCUT2D eigenvalue weighted by molar-refractivity contribution is 7.92. The third kappa shape index (κ3) is 5.33. The molecular formula is C21H28N6O5S. The van der Waals surface area contributed by atoms with Gasteiger partial charge in [-0.25, -0.2) is 8.42 Å². The molecule has 5 N–H and O–H groups in total. The third-order valence-electron chi connectivity index (χ3n) is 5.44. The van der Waals surface area contributed by atoms with Crippen molar-refractivity contribution in [3.8, 4) is 0 Å². The number of primary amides is 1. The lowest BCUT2D eigenvalue weighted by atomic mass is 10.1. The van der Waals surface area contributed by atoms with Crippen molar-refractivity contribution in [2.24, 2.45) is 5.73 Å². The van der Waals surface area contributed by atoms with E-state index in [1.165, 1.54) is 19.1 Å². The van der Waals surface area contributed by atoms with Gasteiger partial charge < -0.3 is 21.3 Å². The van der Waals surface area contributed by atoms with E-state index in [-0.39, 0.29) is 34.3 Å². The van der Waals surface area contributed by atoms with Crippen LogP contribution in [0.5, 0.6) is 0 Å². The number of H-pyrrole nitrogens is 1. The molecule has 12 heteroatoms. The van der Waals surface area contributed by atoms with E-state index in [1.54, 1.807) is 30.9 Å². The normalized spacial score (nSPS) is 16.5. The summed E-state index contributed by atoms with van der Waals surface area (Å²) in [6, 6.07) is 5.99. The summed E-state index contributed by atoms with van der Waals surface area (Å²) in [4.78, 5) is 44.8. The highest BCUT2D eigenvalue weighted by atomic mass is 32.2. The number of piperidine rings is 1. The molecule has 0 saturated carbocycles. The zero-order valence-corrected chi connectivity index (χ0v) is 19.5. The lowest BCUT2D eigenvalue weighted by molar-refractivity contribution is -0.129. The zero-order chi connectivity index (χ0) is 24.3. The summed E-state index contributed by atoms with van der Waals surface area (Å²) >= 11 is 0. The van der Waals surface area contributed by atoms with Crippen LogP contribution < -0.4 is 21.9 Å². The first-order valence-corrected chi connectivity index (χ1v) is 12.1. The lowest BCUT2D eigenvalue weighted by Crippen LogP contribution is -2.44. The first-order chi connectivity index (χ1) is 15.5. The molecule has 0 bridgehead atoms. The molecule has 0 spiro atoms. The number of amides is 2. The molecule has 2 heterocycles. The van der Waals surface area contributed by atoms with Crippen LogP contribution >= 0.6 is 0 Å². The van der Waals surface area contributed by atoms with Crippen molar-refractivity contribution < 1.29 is 18.0 Å². The molecule has 1 saturated heterocycles. The summed E-state index contributed by atoms with van der Waals surface area (Å²) < 4.78 is 25.6. The molecule has 2 aromatic rings. The van der Waals surface area contributed by atoms with Crippen molar-refractivity contribution in [3.63, 3.8) is 0 Å². The van der Waals surface area contributed by atoms with E-state index < -0.39 is 32.1 Å². The first kappa shape index (κ1) is 24.2. The van der Waals surface area contributed by atoms with Crippen LogP contribution in [0.2, 0.25) is 0 Å². The van der Waals surface area contributed by atoms with Gasteiger partial charge in [-0.3, -0.25) is 19.4 Å². The number of hydrogen-bond donors (Lipinski definition) is 4. The Morgan fingerprint density at radius 1 is 1.27 bits per heavy atom. The number of aromatic amines is 1. The maximum Gasteiger partial charge on any atom is 0.267 e. The average molecular weight is 477 g/mol. The number of anilines is 3. The van der Waals surface area contributed by atoms with E-state index in [9.17, 15) is 22.8 Å². The molecule has 2 amide bonds. The van der Waals surface area contributed by atoms with Crippen LogP contribution in [0, 0.1) is 0 Å². The summed E-state index contributed by atoms with van der Waals surface area (Å²) in [5.74, 6) is -1.15. The van der Waals surface area contributed by atoms with E-state index in [0.717, 1.165) is 12.8 Å². The van der Waals surface area contributed by atoms with E-state index >= 15 is 0 Å². The minimum absolute atomic E-state index is 0.0105. The topological polar surface area (TPSA) is 167 Å². The van der Waals surface area contributed by atoms with Crippen molar-refractivity contribution in [2.45, 2.75) is 49.8 Å². The van der Waals surface area contributed by atoms with Crippen LogP contribution in [0.25, 0.3) is 0 Å². The summed E-state index contributed by atoms with van der Waals surface area (Å²) in [5, 5.41) is 5.22. The predicted octanol–water partition coefficient (Wildman–Crippen LogP) is 1.22. The molecule has 3 rings (SSSR count). The molecule has 1 aromatic carbocycles. The third-order valence-corrected chi connectivity index (χ3v) is 7.65. The van der Waals surface area contributed by atoms with Gasteiger partial charge in [-0.1, -0.05) is 12.1 Å². The standard InChI is InChI=1S/C21H28N6O5S/c1-12(2)33(31,32)16-9-5-4-8-15(16)24-19-17(18(22)29)20(30)26-21(25-19)23-14-7-6-10-27(11-14)13(3)28/h4-5,8-9,12,14H,6-7,10-11H2,1-3H3,(H2,22,29)(H3,23,24,25,26,30). The predicted molar refractivity (Wildman–Crippen MR) is 124 cm³/mol. The maximum absolute atomic E-state index is 12.8.